The first-order valence-electron chi connectivity index (χ1n) is 6.79. The monoisotopic (exact) mass is 273 g/mol. The molecule has 0 atom stereocenters. The molecule has 1 aromatic rings. The van der Waals surface area contributed by atoms with E-state index in [2.05, 4.69) is 11.8 Å². The number of carbonyl (C=O) groups excluding carboxylic acids is 1. The number of hydrogen-bond donors (Lipinski definition) is 1. The maximum Gasteiger partial charge on any atom is 0.254 e. The molecule has 1 aliphatic rings. The molecule has 0 saturated carbocycles. The van der Waals surface area contributed by atoms with Gasteiger partial charge in [-0.25, -0.2) is 0 Å². The Morgan fingerprint density at radius 2 is 2.10 bits per heavy atom. The highest BCUT2D eigenvalue weighted by atomic mass is 16.5. The van der Waals surface area contributed by atoms with Gasteiger partial charge in [-0.3, -0.25) is 4.79 Å². The number of rotatable bonds is 2. The highest BCUT2D eigenvalue weighted by Crippen LogP contribution is 2.13. The van der Waals surface area contributed by atoms with Crippen LogP contribution in [0.1, 0.15) is 27.9 Å². The standard InChI is InChI=1S/C16H19NO3/c1-13-10-14(4-2-3-7-18)12-15(11-13)16(19)17-5-8-20-9-6-17/h10-12,18H,3,5-9H2,1H3. The van der Waals surface area contributed by atoms with Crippen molar-refractivity contribution < 1.29 is 14.6 Å². The zero-order valence-electron chi connectivity index (χ0n) is 11.7. The van der Waals surface area contributed by atoms with Crippen LogP contribution in [0.3, 0.4) is 0 Å². The molecule has 0 bridgehead atoms. The van der Waals surface area contributed by atoms with E-state index in [-0.39, 0.29) is 12.5 Å². The molecule has 106 valence electrons. The lowest BCUT2D eigenvalue weighted by Crippen LogP contribution is -2.40. The number of aryl methyl sites for hydroxylation is 1. The molecule has 2 rings (SSSR count). The fourth-order valence-electron chi connectivity index (χ4n) is 2.15. The van der Waals surface area contributed by atoms with Gasteiger partial charge in [-0.15, -0.1) is 0 Å². The number of ether oxygens (including phenoxy) is 1. The summed E-state index contributed by atoms with van der Waals surface area (Å²) in [5.74, 6) is 5.89. The van der Waals surface area contributed by atoms with E-state index in [1.54, 1.807) is 0 Å². The summed E-state index contributed by atoms with van der Waals surface area (Å²) in [5, 5.41) is 8.74. The van der Waals surface area contributed by atoms with Crippen LogP contribution in [-0.4, -0.2) is 48.8 Å². The van der Waals surface area contributed by atoms with Crippen molar-refractivity contribution in [3.63, 3.8) is 0 Å². The van der Waals surface area contributed by atoms with Gasteiger partial charge in [-0.2, -0.15) is 0 Å². The summed E-state index contributed by atoms with van der Waals surface area (Å²) in [7, 11) is 0. The topological polar surface area (TPSA) is 49.8 Å². The first kappa shape index (κ1) is 14.6. The van der Waals surface area contributed by atoms with E-state index in [1.165, 1.54) is 0 Å². The van der Waals surface area contributed by atoms with Crippen LogP contribution in [0, 0.1) is 18.8 Å². The molecule has 0 unspecified atom stereocenters. The first-order valence-corrected chi connectivity index (χ1v) is 6.79. The second kappa shape index (κ2) is 7.09. The van der Waals surface area contributed by atoms with Crippen molar-refractivity contribution in [3.8, 4) is 11.8 Å². The van der Waals surface area contributed by atoms with E-state index >= 15 is 0 Å². The van der Waals surface area contributed by atoms with Gasteiger partial charge in [0.05, 0.1) is 19.8 Å². The van der Waals surface area contributed by atoms with E-state index in [0.717, 1.165) is 11.1 Å². The van der Waals surface area contributed by atoms with Gasteiger partial charge in [0.15, 0.2) is 0 Å². The van der Waals surface area contributed by atoms with Crippen molar-refractivity contribution in [2.24, 2.45) is 0 Å². The number of morpholine rings is 1. The molecule has 0 radical (unpaired) electrons. The molecular formula is C16H19NO3. The molecule has 0 aromatic heterocycles. The molecule has 4 nitrogen and oxygen atoms in total. The molecule has 1 heterocycles. The second-order valence-electron chi connectivity index (χ2n) is 4.77. The first-order chi connectivity index (χ1) is 9.70. The maximum atomic E-state index is 12.4. The lowest BCUT2D eigenvalue weighted by Gasteiger charge is -2.27. The maximum absolute atomic E-state index is 12.4. The largest absolute Gasteiger partial charge is 0.395 e. The number of aliphatic hydroxyl groups is 1. The molecule has 1 N–H and O–H groups in total. The van der Waals surface area contributed by atoms with Gasteiger partial charge in [-0.05, 0) is 30.7 Å². The fourth-order valence-corrected chi connectivity index (χ4v) is 2.15. The van der Waals surface area contributed by atoms with E-state index in [1.807, 2.05) is 30.0 Å². The van der Waals surface area contributed by atoms with Gasteiger partial charge in [0.25, 0.3) is 5.91 Å². The smallest absolute Gasteiger partial charge is 0.254 e. The average Bonchev–Trinajstić information content (AvgIpc) is 2.47. The Bertz CT molecular complexity index is 536. The number of nitrogens with zero attached hydrogens (tertiary/aromatic N) is 1. The third-order valence-corrected chi connectivity index (χ3v) is 3.09. The Labute approximate surface area is 119 Å². The summed E-state index contributed by atoms with van der Waals surface area (Å²) >= 11 is 0. The van der Waals surface area contributed by atoms with Crippen molar-refractivity contribution in [3.05, 3.63) is 34.9 Å². The summed E-state index contributed by atoms with van der Waals surface area (Å²) in [4.78, 5) is 14.2. The summed E-state index contributed by atoms with van der Waals surface area (Å²) in [6.07, 6.45) is 0.445. The summed E-state index contributed by atoms with van der Waals surface area (Å²) in [5.41, 5.74) is 2.49. The van der Waals surface area contributed by atoms with Crippen LogP contribution in [-0.2, 0) is 4.74 Å². The second-order valence-corrected chi connectivity index (χ2v) is 4.77. The van der Waals surface area contributed by atoms with Crippen LogP contribution in [0.4, 0.5) is 0 Å². The molecule has 4 heteroatoms. The third-order valence-electron chi connectivity index (χ3n) is 3.09. The van der Waals surface area contributed by atoms with Crippen LogP contribution in [0.2, 0.25) is 0 Å². The third kappa shape index (κ3) is 3.83. The van der Waals surface area contributed by atoms with Crippen molar-refractivity contribution in [1.82, 2.24) is 4.90 Å². The van der Waals surface area contributed by atoms with Crippen LogP contribution in [0.15, 0.2) is 18.2 Å². The number of hydrogen-bond acceptors (Lipinski definition) is 3. The minimum atomic E-state index is 0.0298. The predicted octanol–water partition coefficient (Wildman–Crippen LogP) is 1.20. The Kier molecular flexibility index (Phi) is 5.16. The van der Waals surface area contributed by atoms with Crippen LogP contribution < -0.4 is 0 Å². The summed E-state index contributed by atoms with van der Waals surface area (Å²) < 4.78 is 5.26. The van der Waals surface area contributed by atoms with Crippen molar-refractivity contribution in [2.75, 3.05) is 32.9 Å². The molecule has 1 fully saturated rings. The molecule has 0 aliphatic carbocycles. The molecule has 1 aromatic carbocycles. The highest BCUT2D eigenvalue weighted by Gasteiger charge is 2.18. The van der Waals surface area contributed by atoms with Crippen LogP contribution >= 0.6 is 0 Å². The van der Waals surface area contributed by atoms with Crippen molar-refractivity contribution in [1.29, 1.82) is 0 Å². The lowest BCUT2D eigenvalue weighted by molar-refractivity contribution is 0.0303. The summed E-state index contributed by atoms with van der Waals surface area (Å²) in [6, 6.07) is 5.64. The number of aliphatic hydroxyl groups excluding tert-OH is 1. The van der Waals surface area contributed by atoms with E-state index in [0.29, 0.717) is 38.3 Å². The van der Waals surface area contributed by atoms with Crippen molar-refractivity contribution in [2.45, 2.75) is 13.3 Å². The van der Waals surface area contributed by atoms with Gasteiger partial charge >= 0.3 is 0 Å². The quantitative estimate of drug-likeness (QED) is 0.824. The molecule has 1 aliphatic heterocycles. The van der Waals surface area contributed by atoms with E-state index in [4.69, 9.17) is 9.84 Å². The SMILES string of the molecule is Cc1cc(C#CCCO)cc(C(=O)N2CCOCC2)c1. The Morgan fingerprint density at radius 3 is 2.80 bits per heavy atom. The van der Waals surface area contributed by atoms with Crippen molar-refractivity contribution >= 4 is 5.91 Å². The fraction of sp³-hybridized carbons (Fsp3) is 0.438. The molecule has 0 spiro atoms. The minimum absolute atomic E-state index is 0.0298. The van der Waals surface area contributed by atoms with Gasteiger partial charge in [-0.1, -0.05) is 11.8 Å². The zero-order chi connectivity index (χ0) is 14.4. The molecule has 1 amide bonds. The number of carbonyl (C=O) groups is 1. The van der Waals surface area contributed by atoms with Gasteiger partial charge in [0.1, 0.15) is 0 Å². The highest BCUT2D eigenvalue weighted by molar-refractivity contribution is 5.94. The Hall–Kier alpha value is -1.83. The number of benzene rings is 1. The Morgan fingerprint density at radius 1 is 1.35 bits per heavy atom. The number of amides is 1. The average molecular weight is 273 g/mol. The van der Waals surface area contributed by atoms with Crippen LogP contribution in [0.5, 0.6) is 0 Å². The molecule has 1 saturated heterocycles. The lowest BCUT2D eigenvalue weighted by atomic mass is 10.1. The Balaban J connectivity index is 2.18. The van der Waals surface area contributed by atoms with Crippen LogP contribution in [0.25, 0.3) is 0 Å². The molecule has 20 heavy (non-hydrogen) atoms. The zero-order valence-corrected chi connectivity index (χ0v) is 11.7. The van der Waals surface area contributed by atoms with E-state index < -0.39 is 0 Å². The van der Waals surface area contributed by atoms with Gasteiger partial charge in [0.2, 0.25) is 0 Å². The van der Waals surface area contributed by atoms with Gasteiger partial charge < -0.3 is 14.7 Å². The molecular weight excluding hydrogens is 254 g/mol. The predicted molar refractivity (Wildman–Crippen MR) is 76.5 cm³/mol. The van der Waals surface area contributed by atoms with E-state index in [9.17, 15) is 4.79 Å². The van der Waals surface area contributed by atoms with Gasteiger partial charge in [0, 0.05) is 30.6 Å². The summed E-state index contributed by atoms with van der Waals surface area (Å²) in [6.45, 7) is 4.48. The minimum Gasteiger partial charge on any atom is -0.395 e. The normalized spacial score (nSPS) is 14.6.